The van der Waals surface area contributed by atoms with Gasteiger partial charge in [-0.2, -0.15) is 0 Å². The molecule has 1 heterocycles. The Morgan fingerprint density at radius 1 is 1.18 bits per heavy atom. The molecule has 17 heavy (non-hydrogen) atoms. The van der Waals surface area contributed by atoms with E-state index in [2.05, 4.69) is 33.0 Å². The zero-order valence-corrected chi connectivity index (χ0v) is 12.1. The van der Waals surface area contributed by atoms with Gasteiger partial charge in [-0.25, -0.2) is 0 Å². The van der Waals surface area contributed by atoms with Gasteiger partial charge in [-0.05, 0) is 44.1 Å². The summed E-state index contributed by atoms with van der Waals surface area (Å²) in [6, 6.07) is 4.85. The van der Waals surface area contributed by atoms with E-state index in [-0.39, 0.29) is 6.10 Å². The van der Waals surface area contributed by atoms with Gasteiger partial charge in [-0.15, -0.1) is 11.3 Å². The van der Waals surface area contributed by atoms with Crippen molar-refractivity contribution in [1.29, 1.82) is 0 Å². The van der Waals surface area contributed by atoms with Crippen molar-refractivity contribution in [2.24, 2.45) is 5.92 Å². The van der Waals surface area contributed by atoms with E-state index in [4.69, 9.17) is 0 Å². The number of hydrogen-bond acceptors (Lipinski definition) is 3. The number of thiophene rings is 1. The van der Waals surface area contributed by atoms with Gasteiger partial charge in [0.05, 0.1) is 6.10 Å². The SMILES string of the molecule is CC(C)CC(C)NC(C)CC(O)c1cccs1. The number of rotatable bonds is 7. The normalized spacial score (nSPS) is 17.1. The highest BCUT2D eigenvalue weighted by molar-refractivity contribution is 7.10. The molecule has 0 aliphatic rings. The fourth-order valence-electron chi connectivity index (χ4n) is 2.26. The van der Waals surface area contributed by atoms with Crippen LogP contribution < -0.4 is 5.32 Å². The standard InChI is InChI=1S/C14H25NOS/c1-10(2)8-11(3)15-12(4)9-13(16)14-6-5-7-17-14/h5-7,10-13,15-16H,8-9H2,1-4H3. The van der Waals surface area contributed by atoms with Crippen LogP contribution in [0.1, 0.15) is 51.5 Å². The van der Waals surface area contributed by atoms with Crippen LogP contribution >= 0.6 is 11.3 Å². The molecule has 3 unspecified atom stereocenters. The Kier molecular flexibility index (Phi) is 6.17. The molecule has 0 aliphatic heterocycles. The molecule has 0 amide bonds. The number of nitrogens with one attached hydrogen (secondary N) is 1. The summed E-state index contributed by atoms with van der Waals surface area (Å²) in [5, 5.41) is 15.6. The summed E-state index contributed by atoms with van der Waals surface area (Å²) in [6.07, 6.45) is 1.63. The molecule has 0 radical (unpaired) electrons. The minimum Gasteiger partial charge on any atom is -0.388 e. The van der Waals surface area contributed by atoms with Crippen LogP contribution in [0.25, 0.3) is 0 Å². The maximum absolute atomic E-state index is 10.0. The summed E-state index contributed by atoms with van der Waals surface area (Å²) in [6.45, 7) is 8.84. The number of hydrogen-bond donors (Lipinski definition) is 2. The number of aliphatic hydroxyl groups excluding tert-OH is 1. The molecular weight excluding hydrogens is 230 g/mol. The fraction of sp³-hybridized carbons (Fsp3) is 0.714. The van der Waals surface area contributed by atoms with Crippen molar-refractivity contribution in [3.05, 3.63) is 22.4 Å². The van der Waals surface area contributed by atoms with Crippen LogP contribution in [0, 0.1) is 5.92 Å². The van der Waals surface area contributed by atoms with Gasteiger partial charge in [0.1, 0.15) is 0 Å². The summed E-state index contributed by atoms with van der Waals surface area (Å²) in [5.74, 6) is 0.715. The summed E-state index contributed by atoms with van der Waals surface area (Å²) in [4.78, 5) is 1.06. The van der Waals surface area contributed by atoms with Crippen molar-refractivity contribution in [3.63, 3.8) is 0 Å². The Balaban J connectivity index is 2.31. The van der Waals surface area contributed by atoms with Crippen LogP contribution in [0.15, 0.2) is 17.5 Å². The van der Waals surface area contributed by atoms with Crippen LogP contribution in [0.2, 0.25) is 0 Å². The van der Waals surface area contributed by atoms with Crippen LogP contribution in [-0.4, -0.2) is 17.2 Å². The molecule has 1 aromatic rings. The molecule has 98 valence electrons. The minimum atomic E-state index is -0.330. The van der Waals surface area contributed by atoms with Gasteiger partial charge in [-0.3, -0.25) is 0 Å². The van der Waals surface area contributed by atoms with Crippen molar-refractivity contribution >= 4 is 11.3 Å². The van der Waals surface area contributed by atoms with Crippen LogP contribution in [0.5, 0.6) is 0 Å². The second-order valence-electron chi connectivity index (χ2n) is 5.37. The van der Waals surface area contributed by atoms with Gasteiger partial charge >= 0.3 is 0 Å². The van der Waals surface area contributed by atoms with E-state index >= 15 is 0 Å². The van der Waals surface area contributed by atoms with E-state index in [1.54, 1.807) is 11.3 Å². The van der Waals surface area contributed by atoms with Gasteiger partial charge in [0.25, 0.3) is 0 Å². The fourth-order valence-corrected chi connectivity index (χ4v) is 2.99. The zero-order valence-electron chi connectivity index (χ0n) is 11.3. The van der Waals surface area contributed by atoms with Crippen LogP contribution in [0.3, 0.4) is 0 Å². The van der Waals surface area contributed by atoms with E-state index in [0.717, 1.165) is 11.3 Å². The lowest BCUT2D eigenvalue weighted by Crippen LogP contribution is -2.36. The summed E-state index contributed by atoms with van der Waals surface area (Å²) >= 11 is 1.62. The van der Waals surface area contributed by atoms with Gasteiger partial charge in [-0.1, -0.05) is 19.9 Å². The average Bonchev–Trinajstić information content (AvgIpc) is 2.67. The molecule has 0 aromatic carbocycles. The molecular formula is C14H25NOS. The Labute approximate surface area is 109 Å². The van der Waals surface area contributed by atoms with Crippen LogP contribution in [0.4, 0.5) is 0 Å². The Morgan fingerprint density at radius 2 is 1.82 bits per heavy atom. The van der Waals surface area contributed by atoms with Gasteiger partial charge in [0.15, 0.2) is 0 Å². The van der Waals surface area contributed by atoms with E-state index in [1.807, 2.05) is 17.5 Å². The average molecular weight is 255 g/mol. The third-order valence-corrected chi connectivity index (χ3v) is 3.82. The predicted molar refractivity (Wildman–Crippen MR) is 75.4 cm³/mol. The Hall–Kier alpha value is -0.380. The highest BCUT2D eigenvalue weighted by atomic mass is 32.1. The van der Waals surface area contributed by atoms with Crippen molar-refractivity contribution in [1.82, 2.24) is 5.32 Å². The molecule has 0 aliphatic carbocycles. The first-order chi connectivity index (χ1) is 7.99. The lowest BCUT2D eigenvalue weighted by molar-refractivity contribution is 0.154. The molecule has 0 spiro atoms. The Bertz CT molecular complexity index is 297. The highest BCUT2D eigenvalue weighted by Crippen LogP contribution is 2.23. The van der Waals surface area contributed by atoms with Gasteiger partial charge < -0.3 is 10.4 Å². The van der Waals surface area contributed by atoms with E-state index in [0.29, 0.717) is 18.0 Å². The molecule has 2 N–H and O–H groups in total. The largest absolute Gasteiger partial charge is 0.388 e. The van der Waals surface area contributed by atoms with Gasteiger partial charge in [0, 0.05) is 17.0 Å². The molecule has 1 rings (SSSR count). The minimum absolute atomic E-state index is 0.330. The first-order valence-electron chi connectivity index (χ1n) is 6.46. The predicted octanol–water partition coefficient (Wildman–Crippen LogP) is 3.58. The molecule has 1 aromatic heterocycles. The molecule has 3 atom stereocenters. The Morgan fingerprint density at radius 3 is 2.35 bits per heavy atom. The van der Waals surface area contributed by atoms with Crippen molar-refractivity contribution in [2.45, 2.75) is 58.7 Å². The molecule has 3 heteroatoms. The lowest BCUT2D eigenvalue weighted by Gasteiger charge is -2.23. The first-order valence-corrected chi connectivity index (χ1v) is 7.34. The quantitative estimate of drug-likeness (QED) is 0.780. The van der Waals surface area contributed by atoms with Crippen molar-refractivity contribution in [3.8, 4) is 0 Å². The first kappa shape index (κ1) is 14.7. The summed E-state index contributed by atoms with van der Waals surface area (Å²) < 4.78 is 0. The molecule has 2 nitrogen and oxygen atoms in total. The zero-order chi connectivity index (χ0) is 12.8. The van der Waals surface area contributed by atoms with E-state index in [9.17, 15) is 5.11 Å². The maximum Gasteiger partial charge on any atom is 0.0896 e. The third kappa shape index (κ3) is 5.66. The molecule has 0 saturated carbocycles. The van der Waals surface area contributed by atoms with Crippen molar-refractivity contribution in [2.75, 3.05) is 0 Å². The van der Waals surface area contributed by atoms with Crippen LogP contribution in [-0.2, 0) is 0 Å². The lowest BCUT2D eigenvalue weighted by atomic mass is 10.0. The third-order valence-electron chi connectivity index (χ3n) is 2.84. The van der Waals surface area contributed by atoms with E-state index < -0.39 is 0 Å². The molecule has 0 fully saturated rings. The highest BCUT2D eigenvalue weighted by Gasteiger charge is 2.15. The molecule has 0 bridgehead atoms. The summed E-state index contributed by atoms with van der Waals surface area (Å²) in [5.41, 5.74) is 0. The monoisotopic (exact) mass is 255 g/mol. The smallest absolute Gasteiger partial charge is 0.0896 e. The number of aliphatic hydroxyl groups is 1. The second kappa shape index (κ2) is 7.14. The molecule has 0 saturated heterocycles. The van der Waals surface area contributed by atoms with Gasteiger partial charge in [0.2, 0.25) is 0 Å². The van der Waals surface area contributed by atoms with E-state index in [1.165, 1.54) is 6.42 Å². The maximum atomic E-state index is 10.0. The summed E-state index contributed by atoms with van der Waals surface area (Å²) in [7, 11) is 0. The topological polar surface area (TPSA) is 32.3 Å². The second-order valence-corrected chi connectivity index (χ2v) is 6.34. The van der Waals surface area contributed by atoms with Crippen molar-refractivity contribution < 1.29 is 5.11 Å².